The molecule has 0 bridgehead atoms. The van der Waals surface area contributed by atoms with Crippen LogP contribution in [0.4, 0.5) is 9.52 Å². The maximum absolute atomic E-state index is 12.8. The van der Waals surface area contributed by atoms with Gasteiger partial charge in [0.1, 0.15) is 0 Å². The van der Waals surface area contributed by atoms with Gasteiger partial charge >= 0.3 is 0 Å². The first-order valence-electron chi connectivity index (χ1n) is 6.93. The summed E-state index contributed by atoms with van der Waals surface area (Å²) in [4.78, 5) is 6.29. The number of hydrogen-bond acceptors (Lipinski definition) is 4. The van der Waals surface area contributed by atoms with Crippen molar-refractivity contribution >= 4 is 16.5 Å². The summed E-state index contributed by atoms with van der Waals surface area (Å²) in [5.41, 5.74) is 1.36. The summed E-state index contributed by atoms with van der Waals surface area (Å²) in [5, 5.41) is 5.46. The van der Waals surface area contributed by atoms with Crippen LogP contribution in [0.2, 0.25) is 0 Å². The van der Waals surface area contributed by atoms with Crippen molar-refractivity contribution in [2.45, 2.75) is 25.4 Å². The molecule has 0 amide bonds. The number of piperidine rings is 1. The normalized spacial score (nSPS) is 17.2. The van der Waals surface area contributed by atoms with Crippen molar-refractivity contribution in [1.29, 1.82) is 0 Å². The summed E-state index contributed by atoms with van der Waals surface area (Å²) in [6.07, 6.45) is 2.15. The van der Waals surface area contributed by atoms with Gasteiger partial charge in [-0.2, -0.15) is 9.37 Å². The molecular weight excluding hydrogens is 273 g/mol. The number of nitrogens with one attached hydrogen (secondary N) is 1. The fraction of sp³-hybridized carbons (Fsp3) is 0.400. The van der Waals surface area contributed by atoms with Gasteiger partial charge in [-0.25, -0.2) is 0 Å². The summed E-state index contributed by atoms with van der Waals surface area (Å²) in [7, 11) is 0. The van der Waals surface area contributed by atoms with E-state index < -0.39 is 0 Å². The molecule has 1 aromatic carbocycles. The van der Waals surface area contributed by atoms with Crippen LogP contribution in [0.15, 0.2) is 35.7 Å². The number of nitrogens with zero attached hydrogens (tertiary/aromatic N) is 2. The van der Waals surface area contributed by atoms with Crippen molar-refractivity contribution < 1.29 is 4.39 Å². The number of thiazole rings is 1. The van der Waals surface area contributed by atoms with Gasteiger partial charge in [0.15, 0.2) is 5.13 Å². The Bertz CT molecular complexity index is 535. The Morgan fingerprint density at radius 1 is 1.25 bits per heavy atom. The third-order valence-corrected chi connectivity index (χ3v) is 4.39. The number of rotatable bonds is 4. The molecule has 20 heavy (non-hydrogen) atoms. The average Bonchev–Trinajstić information content (AvgIpc) is 2.88. The van der Waals surface area contributed by atoms with Gasteiger partial charge in [-0.05, 0) is 18.4 Å². The molecule has 1 saturated heterocycles. The van der Waals surface area contributed by atoms with Crippen LogP contribution >= 0.6 is 11.3 Å². The standard InChI is InChI=1S/C15H18FN3S/c16-14-11-20-15(18-14)17-13-6-8-19(9-7-13)10-12-4-2-1-3-5-12/h1-5,11,13H,6-10H2,(H,17,18). The van der Waals surface area contributed by atoms with Gasteiger partial charge in [-0.1, -0.05) is 30.3 Å². The summed E-state index contributed by atoms with van der Waals surface area (Å²) in [6.45, 7) is 3.15. The molecule has 1 aliphatic heterocycles. The van der Waals surface area contributed by atoms with E-state index in [1.807, 2.05) is 6.07 Å². The molecule has 2 aromatic rings. The zero-order valence-electron chi connectivity index (χ0n) is 11.3. The van der Waals surface area contributed by atoms with Crippen LogP contribution in [-0.2, 0) is 6.54 Å². The molecule has 3 rings (SSSR count). The van der Waals surface area contributed by atoms with Crippen LogP contribution in [0.5, 0.6) is 0 Å². The topological polar surface area (TPSA) is 28.2 Å². The highest BCUT2D eigenvalue weighted by molar-refractivity contribution is 7.13. The zero-order chi connectivity index (χ0) is 13.8. The van der Waals surface area contributed by atoms with E-state index in [1.165, 1.54) is 22.3 Å². The molecule has 1 N–H and O–H groups in total. The Balaban J connectivity index is 1.47. The van der Waals surface area contributed by atoms with E-state index in [2.05, 4.69) is 39.5 Å². The van der Waals surface area contributed by atoms with Gasteiger partial charge in [-0.3, -0.25) is 4.90 Å². The second-order valence-electron chi connectivity index (χ2n) is 5.16. The van der Waals surface area contributed by atoms with Gasteiger partial charge in [-0.15, -0.1) is 11.3 Å². The molecule has 0 aliphatic carbocycles. The largest absolute Gasteiger partial charge is 0.359 e. The highest BCUT2D eigenvalue weighted by atomic mass is 32.1. The maximum atomic E-state index is 12.8. The molecule has 3 nitrogen and oxygen atoms in total. The van der Waals surface area contributed by atoms with Gasteiger partial charge < -0.3 is 5.32 Å². The van der Waals surface area contributed by atoms with Crippen molar-refractivity contribution in [3.8, 4) is 0 Å². The predicted octanol–water partition coefficient (Wildman–Crippen LogP) is 3.36. The Morgan fingerprint density at radius 3 is 2.65 bits per heavy atom. The minimum Gasteiger partial charge on any atom is -0.359 e. The van der Waals surface area contributed by atoms with E-state index in [9.17, 15) is 4.39 Å². The lowest BCUT2D eigenvalue weighted by molar-refractivity contribution is 0.211. The van der Waals surface area contributed by atoms with Crippen molar-refractivity contribution in [3.05, 3.63) is 47.2 Å². The molecule has 5 heteroatoms. The number of anilines is 1. The quantitative estimate of drug-likeness (QED) is 0.936. The first-order chi connectivity index (χ1) is 9.79. The molecule has 2 heterocycles. The lowest BCUT2D eigenvalue weighted by atomic mass is 10.0. The molecule has 0 saturated carbocycles. The highest BCUT2D eigenvalue weighted by Gasteiger charge is 2.19. The zero-order valence-corrected chi connectivity index (χ0v) is 12.1. The van der Waals surface area contributed by atoms with Gasteiger partial charge in [0.25, 0.3) is 0 Å². The van der Waals surface area contributed by atoms with Crippen molar-refractivity contribution in [3.63, 3.8) is 0 Å². The van der Waals surface area contributed by atoms with Gasteiger partial charge in [0.05, 0.1) is 0 Å². The molecule has 0 atom stereocenters. The van der Waals surface area contributed by atoms with Crippen LogP contribution in [0.3, 0.4) is 0 Å². The van der Waals surface area contributed by atoms with E-state index in [4.69, 9.17) is 0 Å². The predicted molar refractivity (Wildman–Crippen MR) is 80.4 cm³/mol. The molecule has 0 radical (unpaired) electrons. The minimum absolute atomic E-state index is 0.390. The van der Waals surface area contributed by atoms with E-state index in [0.717, 1.165) is 32.5 Å². The number of aromatic nitrogens is 1. The van der Waals surface area contributed by atoms with E-state index >= 15 is 0 Å². The van der Waals surface area contributed by atoms with E-state index in [-0.39, 0.29) is 5.95 Å². The van der Waals surface area contributed by atoms with Gasteiger partial charge in [0.2, 0.25) is 5.95 Å². The number of hydrogen-bond donors (Lipinski definition) is 1. The Morgan fingerprint density at radius 2 is 2.00 bits per heavy atom. The van der Waals surface area contributed by atoms with Crippen LogP contribution in [-0.4, -0.2) is 29.0 Å². The fourth-order valence-electron chi connectivity index (χ4n) is 2.57. The number of benzene rings is 1. The van der Waals surface area contributed by atoms with Crippen LogP contribution in [0.1, 0.15) is 18.4 Å². The third kappa shape index (κ3) is 3.55. The fourth-order valence-corrected chi connectivity index (χ4v) is 3.21. The second-order valence-corrected chi connectivity index (χ2v) is 6.01. The van der Waals surface area contributed by atoms with Crippen molar-refractivity contribution in [2.24, 2.45) is 0 Å². The summed E-state index contributed by atoms with van der Waals surface area (Å²) < 4.78 is 12.8. The van der Waals surface area contributed by atoms with E-state index in [0.29, 0.717) is 11.2 Å². The molecule has 1 fully saturated rings. The lowest BCUT2D eigenvalue weighted by Crippen LogP contribution is -2.38. The highest BCUT2D eigenvalue weighted by Crippen LogP contribution is 2.20. The molecule has 0 spiro atoms. The SMILES string of the molecule is Fc1csc(NC2CCN(Cc3ccccc3)CC2)n1. The Labute approximate surface area is 122 Å². The Hall–Kier alpha value is -1.46. The summed E-state index contributed by atoms with van der Waals surface area (Å²) in [5.74, 6) is -0.390. The number of likely N-dealkylation sites (tertiary alicyclic amines) is 1. The molecule has 0 unspecified atom stereocenters. The van der Waals surface area contributed by atoms with Crippen molar-refractivity contribution in [2.75, 3.05) is 18.4 Å². The third-order valence-electron chi connectivity index (χ3n) is 3.64. The van der Waals surface area contributed by atoms with Crippen LogP contribution in [0.25, 0.3) is 0 Å². The monoisotopic (exact) mass is 291 g/mol. The van der Waals surface area contributed by atoms with Crippen LogP contribution in [0, 0.1) is 5.95 Å². The minimum atomic E-state index is -0.390. The molecule has 1 aromatic heterocycles. The smallest absolute Gasteiger partial charge is 0.225 e. The molecule has 106 valence electrons. The van der Waals surface area contributed by atoms with E-state index in [1.54, 1.807) is 0 Å². The lowest BCUT2D eigenvalue weighted by Gasteiger charge is -2.32. The van der Waals surface area contributed by atoms with Crippen LogP contribution < -0.4 is 5.32 Å². The first kappa shape index (κ1) is 13.5. The molecule has 1 aliphatic rings. The number of halogens is 1. The molecular formula is C15H18FN3S. The first-order valence-corrected chi connectivity index (χ1v) is 7.81. The summed E-state index contributed by atoms with van der Waals surface area (Å²) in [6, 6.07) is 11.0. The summed E-state index contributed by atoms with van der Waals surface area (Å²) >= 11 is 1.34. The van der Waals surface area contributed by atoms with Gasteiger partial charge in [0, 0.05) is 31.1 Å². The second kappa shape index (κ2) is 6.33. The van der Waals surface area contributed by atoms with Crippen molar-refractivity contribution in [1.82, 2.24) is 9.88 Å². The maximum Gasteiger partial charge on any atom is 0.225 e. The Kier molecular flexibility index (Phi) is 4.28. The average molecular weight is 291 g/mol.